The minimum absolute atomic E-state index is 0.185. The molecule has 1 nitrogen and oxygen atoms in total. The molecule has 1 N–H and O–H groups in total. The molecule has 1 aromatic rings. The second-order valence-electron chi connectivity index (χ2n) is 5.76. The Morgan fingerprint density at radius 2 is 1.87 bits per heavy atom. The largest absolute Gasteiger partial charge is 0.380 e. The molecule has 15 heavy (non-hydrogen) atoms. The van der Waals surface area contributed by atoms with E-state index in [1.165, 1.54) is 11.3 Å². The average Bonchev–Trinajstić information content (AvgIpc) is 2.03. The lowest BCUT2D eigenvalue weighted by Crippen LogP contribution is -2.43. The van der Waals surface area contributed by atoms with E-state index < -0.39 is 0 Å². The summed E-state index contributed by atoms with van der Waals surface area (Å²) in [4.78, 5) is 0. The van der Waals surface area contributed by atoms with E-state index in [0.717, 1.165) is 10.9 Å². The summed E-state index contributed by atoms with van der Waals surface area (Å²) in [7, 11) is 0. The normalized spacial score (nSPS) is 21.7. The number of anilines is 1. The number of hydrogen-bond acceptors (Lipinski definition) is 1. The Labute approximate surface area is 100 Å². The zero-order chi connectivity index (χ0) is 11.3. The number of benzene rings is 1. The average molecular weight is 268 g/mol. The Morgan fingerprint density at radius 3 is 2.53 bits per heavy atom. The molecule has 2 rings (SSSR count). The number of hydrogen-bond donors (Lipinski definition) is 1. The summed E-state index contributed by atoms with van der Waals surface area (Å²) in [5.74, 6) is 0. The molecule has 0 saturated carbocycles. The summed E-state index contributed by atoms with van der Waals surface area (Å²) >= 11 is 3.54. The highest BCUT2D eigenvalue weighted by Crippen LogP contribution is 2.43. The lowest BCUT2D eigenvalue weighted by atomic mass is 9.71. The van der Waals surface area contributed by atoms with Crippen molar-refractivity contribution in [2.45, 2.75) is 45.1 Å². The van der Waals surface area contributed by atoms with Gasteiger partial charge in [-0.15, -0.1) is 0 Å². The zero-order valence-corrected chi connectivity index (χ0v) is 11.4. The molecule has 1 aliphatic rings. The van der Waals surface area contributed by atoms with E-state index in [-0.39, 0.29) is 11.0 Å². The molecule has 1 heterocycles. The first kappa shape index (κ1) is 11.0. The molecule has 0 aliphatic carbocycles. The lowest BCUT2D eigenvalue weighted by molar-refractivity contribution is 0.355. The minimum atomic E-state index is 0.185. The molecule has 0 saturated heterocycles. The topological polar surface area (TPSA) is 12.0 Å². The van der Waals surface area contributed by atoms with Gasteiger partial charge in [0.1, 0.15) is 0 Å². The molecular formula is C13H18BrN. The summed E-state index contributed by atoms with van der Waals surface area (Å²) in [6, 6.07) is 6.50. The van der Waals surface area contributed by atoms with Gasteiger partial charge in [0.05, 0.1) is 0 Å². The number of fused-ring (bicyclic) bond motifs is 1. The molecule has 82 valence electrons. The highest BCUT2D eigenvalue weighted by Gasteiger charge is 2.36. The van der Waals surface area contributed by atoms with Gasteiger partial charge in [0.25, 0.3) is 0 Å². The maximum absolute atomic E-state index is 3.60. The molecule has 2 heteroatoms. The predicted octanol–water partition coefficient (Wildman–Crippen LogP) is 4.32. The Hall–Kier alpha value is -0.500. The van der Waals surface area contributed by atoms with Crippen LogP contribution in [0.5, 0.6) is 0 Å². The first-order valence-electron chi connectivity index (χ1n) is 5.38. The predicted molar refractivity (Wildman–Crippen MR) is 69.5 cm³/mol. The highest BCUT2D eigenvalue weighted by molar-refractivity contribution is 9.10. The summed E-state index contributed by atoms with van der Waals surface area (Å²) in [5, 5.41) is 3.60. The molecule has 1 aromatic carbocycles. The van der Waals surface area contributed by atoms with E-state index in [1.807, 2.05) is 0 Å². The molecular weight excluding hydrogens is 250 g/mol. The number of rotatable bonds is 0. The third-order valence-electron chi connectivity index (χ3n) is 3.07. The van der Waals surface area contributed by atoms with Gasteiger partial charge in [0, 0.05) is 15.7 Å². The van der Waals surface area contributed by atoms with Gasteiger partial charge in [0.15, 0.2) is 0 Å². The third-order valence-corrected chi connectivity index (χ3v) is 3.56. The Kier molecular flexibility index (Phi) is 2.38. The summed E-state index contributed by atoms with van der Waals surface area (Å²) in [6.45, 7) is 9.17. The molecule has 0 fully saturated rings. The van der Waals surface area contributed by atoms with Crippen molar-refractivity contribution in [1.29, 1.82) is 0 Å². The van der Waals surface area contributed by atoms with Gasteiger partial charge in [-0.3, -0.25) is 0 Å². The standard InChI is InChI=1S/C13H18BrN/c1-12(2)8-13(3,4)15-11-6-5-9(14)7-10(11)12/h5-7,15H,8H2,1-4H3. The fraction of sp³-hybridized carbons (Fsp3) is 0.538. The van der Waals surface area contributed by atoms with E-state index in [9.17, 15) is 0 Å². The smallest absolute Gasteiger partial charge is 0.0383 e. The molecule has 0 amide bonds. The summed E-state index contributed by atoms with van der Waals surface area (Å²) in [6.07, 6.45) is 1.16. The summed E-state index contributed by atoms with van der Waals surface area (Å²) in [5.41, 5.74) is 3.12. The van der Waals surface area contributed by atoms with Crippen LogP contribution >= 0.6 is 15.9 Å². The zero-order valence-electron chi connectivity index (χ0n) is 9.82. The van der Waals surface area contributed by atoms with E-state index >= 15 is 0 Å². The van der Waals surface area contributed by atoms with Crippen molar-refractivity contribution in [3.05, 3.63) is 28.2 Å². The molecule has 0 unspecified atom stereocenters. The molecule has 1 aliphatic heterocycles. The van der Waals surface area contributed by atoms with Crippen LogP contribution in [0, 0.1) is 0 Å². The third kappa shape index (κ3) is 2.05. The van der Waals surface area contributed by atoms with Gasteiger partial charge in [0.2, 0.25) is 0 Å². The van der Waals surface area contributed by atoms with Crippen LogP contribution in [-0.2, 0) is 5.41 Å². The first-order valence-corrected chi connectivity index (χ1v) is 6.18. The second-order valence-corrected chi connectivity index (χ2v) is 6.68. The van der Waals surface area contributed by atoms with Crippen LogP contribution in [0.2, 0.25) is 0 Å². The monoisotopic (exact) mass is 267 g/mol. The Balaban J connectivity index is 2.55. The van der Waals surface area contributed by atoms with Crippen LogP contribution in [0.3, 0.4) is 0 Å². The van der Waals surface area contributed by atoms with Gasteiger partial charge >= 0.3 is 0 Å². The van der Waals surface area contributed by atoms with Crippen LogP contribution in [0.4, 0.5) is 5.69 Å². The van der Waals surface area contributed by atoms with E-state index in [1.54, 1.807) is 0 Å². The number of halogens is 1. The fourth-order valence-electron chi connectivity index (χ4n) is 2.79. The van der Waals surface area contributed by atoms with Crippen molar-refractivity contribution in [1.82, 2.24) is 0 Å². The number of nitrogens with one attached hydrogen (secondary N) is 1. The van der Waals surface area contributed by atoms with Gasteiger partial charge in [-0.25, -0.2) is 0 Å². The first-order chi connectivity index (χ1) is 6.80. The van der Waals surface area contributed by atoms with Gasteiger partial charge < -0.3 is 5.32 Å². The Morgan fingerprint density at radius 1 is 1.20 bits per heavy atom. The Bertz CT molecular complexity index is 394. The quantitative estimate of drug-likeness (QED) is 0.738. The second kappa shape index (κ2) is 3.24. The molecule has 0 bridgehead atoms. The van der Waals surface area contributed by atoms with Crippen LogP contribution in [0.15, 0.2) is 22.7 Å². The SMILES string of the molecule is CC1(C)CC(C)(C)c2cc(Br)ccc2N1. The molecule has 0 spiro atoms. The van der Waals surface area contributed by atoms with Crippen LogP contribution in [-0.4, -0.2) is 5.54 Å². The molecule has 0 radical (unpaired) electrons. The van der Waals surface area contributed by atoms with Crippen LogP contribution in [0.25, 0.3) is 0 Å². The molecule has 0 atom stereocenters. The maximum atomic E-state index is 3.60. The van der Waals surface area contributed by atoms with Crippen LogP contribution < -0.4 is 5.32 Å². The van der Waals surface area contributed by atoms with E-state index in [0.29, 0.717) is 0 Å². The van der Waals surface area contributed by atoms with Crippen molar-refractivity contribution >= 4 is 21.6 Å². The fourth-order valence-corrected chi connectivity index (χ4v) is 3.16. The van der Waals surface area contributed by atoms with E-state index in [2.05, 4.69) is 67.1 Å². The van der Waals surface area contributed by atoms with Crippen molar-refractivity contribution in [2.24, 2.45) is 0 Å². The van der Waals surface area contributed by atoms with Crippen molar-refractivity contribution in [3.8, 4) is 0 Å². The minimum Gasteiger partial charge on any atom is -0.380 e. The van der Waals surface area contributed by atoms with Gasteiger partial charge in [-0.1, -0.05) is 29.8 Å². The van der Waals surface area contributed by atoms with Gasteiger partial charge in [-0.2, -0.15) is 0 Å². The maximum Gasteiger partial charge on any atom is 0.0383 e. The molecule has 0 aromatic heterocycles. The van der Waals surface area contributed by atoms with E-state index in [4.69, 9.17) is 0 Å². The van der Waals surface area contributed by atoms with Crippen molar-refractivity contribution in [2.75, 3.05) is 5.32 Å². The highest BCUT2D eigenvalue weighted by atomic mass is 79.9. The summed E-state index contributed by atoms with van der Waals surface area (Å²) < 4.78 is 1.16. The van der Waals surface area contributed by atoms with Crippen molar-refractivity contribution < 1.29 is 0 Å². The lowest BCUT2D eigenvalue weighted by Gasteiger charge is -2.43. The van der Waals surface area contributed by atoms with Gasteiger partial charge in [-0.05, 0) is 49.4 Å². The van der Waals surface area contributed by atoms with Crippen molar-refractivity contribution in [3.63, 3.8) is 0 Å². The van der Waals surface area contributed by atoms with Crippen LogP contribution in [0.1, 0.15) is 39.7 Å².